The van der Waals surface area contributed by atoms with Crippen LogP contribution in [0.2, 0.25) is 0 Å². The zero-order chi connectivity index (χ0) is 14.2. The summed E-state index contributed by atoms with van der Waals surface area (Å²) in [6.45, 7) is 7.44. The van der Waals surface area contributed by atoms with Crippen molar-refractivity contribution in [3.8, 4) is 0 Å². The molecule has 0 aromatic carbocycles. The van der Waals surface area contributed by atoms with Gasteiger partial charge in [0.1, 0.15) is 4.90 Å². The monoisotopic (exact) mass is 299 g/mol. The number of anilines is 1. The van der Waals surface area contributed by atoms with Gasteiger partial charge in [0, 0.05) is 11.4 Å². The Balaban J connectivity index is 2.46. The van der Waals surface area contributed by atoms with Crippen molar-refractivity contribution in [1.29, 1.82) is 0 Å². The van der Waals surface area contributed by atoms with Crippen LogP contribution in [-0.2, 0) is 10.0 Å². The lowest BCUT2D eigenvalue weighted by Crippen LogP contribution is -2.14. The fourth-order valence-corrected chi connectivity index (χ4v) is 4.18. The van der Waals surface area contributed by atoms with E-state index >= 15 is 0 Å². The number of aromatic nitrogens is 2. The van der Waals surface area contributed by atoms with Gasteiger partial charge in [0.25, 0.3) is 10.0 Å². The second kappa shape index (κ2) is 4.97. The minimum absolute atomic E-state index is 0.129. The molecule has 0 aliphatic carbocycles. The van der Waals surface area contributed by atoms with E-state index in [1.54, 1.807) is 30.0 Å². The van der Waals surface area contributed by atoms with E-state index in [9.17, 15) is 8.42 Å². The molecule has 19 heavy (non-hydrogen) atoms. The largest absolute Gasteiger partial charge is 0.279 e. The van der Waals surface area contributed by atoms with Gasteiger partial charge in [-0.05, 0) is 39.1 Å². The van der Waals surface area contributed by atoms with E-state index in [0.717, 1.165) is 0 Å². The Labute approximate surface area is 117 Å². The standard InChI is InChI=1S/C12H17N3O2S2/c1-8(2)15-10(4)12(9(3)13-15)19(16,17)14-11-5-6-18-7-11/h5-8,14H,1-4H3. The molecule has 0 fully saturated rings. The molecule has 0 saturated heterocycles. The van der Waals surface area contributed by atoms with Gasteiger partial charge >= 0.3 is 0 Å². The fraction of sp³-hybridized carbons (Fsp3) is 0.417. The third kappa shape index (κ3) is 2.66. The summed E-state index contributed by atoms with van der Waals surface area (Å²) in [7, 11) is -3.58. The van der Waals surface area contributed by atoms with E-state index in [1.165, 1.54) is 11.3 Å². The summed E-state index contributed by atoms with van der Waals surface area (Å²) < 4.78 is 29.1. The highest BCUT2D eigenvalue weighted by molar-refractivity contribution is 7.92. The lowest BCUT2D eigenvalue weighted by atomic mass is 10.3. The summed E-state index contributed by atoms with van der Waals surface area (Å²) in [5.41, 5.74) is 1.77. The maximum atomic E-state index is 12.4. The van der Waals surface area contributed by atoms with Crippen molar-refractivity contribution in [2.75, 3.05) is 4.72 Å². The Morgan fingerprint density at radius 2 is 2.05 bits per heavy atom. The Morgan fingerprint density at radius 1 is 1.37 bits per heavy atom. The number of thiophene rings is 1. The molecular formula is C12H17N3O2S2. The number of rotatable bonds is 4. The molecule has 1 N–H and O–H groups in total. The highest BCUT2D eigenvalue weighted by atomic mass is 32.2. The maximum absolute atomic E-state index is 12.4. The predicted molar refractivity (Wildman–Crippen MR) is 77.2 cm³/mol. The predicted octanol–water partition coefficient (Wildman–Crippen LogP) is 2.94. The Kier molecular flexibility index (Phi) is 3.69. The van der Waals surface area contributed by atoms with Gasteiger partial charge in [-0.3, -0.25) is 9.40 Å². The highest BCUT2D eigenvalue weighted by Crippen LogP contribution is 2.25. The number of aryl methyl sites for hydroxylation is 1. The van der Waals surface area contributed by atoms with Crippen molar-refractivity contribution in [3.05, 3.63) is 28.2 Å². The minimum Gasteiger partial charge on any atom is -0.279 e. The quantitative estimate of drug-likeness (QED) is 0.944. The van der Waals surface area contributed by atoms with Gasteiger partial charge in [-0.2, -0.15) is 16.4 Å². The molecule has 2 rings (SSSR count). The smallest absolute Gasteiger partial charge is 0.265 e. The molecule has 2 heterocycles. The van der Waals surface area contributed by atoms with Crippen molar-refractivity contribution in [2.45, 2.75) is 38.6 Å². The van der Waals surface area contributed by atoms with Crippen LogP contribution in [0, 0.1) is 13.8 Å². The Morgan fingerprint density at radius 3 is 2.53 bits per heavy atom. The normalized spacial score (nSPS) is 12.1. The average Bonchev–Trinajstić information content (AvgIpc) is 2.86. The average molecular weight is 299 g/mol. The van der Waals surface area contributed by atoms with Crippen molar-refractivity contribution in [1.82, 2.24) is 9.78 Å². The van der Waals surface area contributed by atoms with Gasteiger partial charge in [0.15, 0.2) is 0 Å². The lowest BCUT2D eigenvalue weighted by molar-refractivity contribution is 0.514. The Hall–Kier alpha value is -1.34. The van der Waals surface area contributed by atoms with Crippen LogP contribution in [0.15, 0.2) is 21.7 Å². The fourth-order valence-electron chi connectivity index (χ4n) is 2.07. The van der Waals surface area contributed by atoms with Crippen molar-refractivity contribution in [3.63, 3.8) is 0 Å². The molecule has 0 unspecified atom stereocenters. The molecule has 0 radical (unpaired) electrons. The van der Waals surface area contributed by atoms with E-state index in [4.69, 9.17) is 0 Å². The van der Waals surface area contributed by atoms with Crippen LogP contribution in [0.5, 0.6) is 0 Å². The van der Waals surface area contributed by atoms with E-state index in [0.29, 0.717) is 17.1 Å². The maximum Gasteiger partial charge on any atom is 0.265 e. The van der Waals surface area contributed by atoms with Crippen LogP contribution in [0.25, 0.3) is 0 Å². The molecule has 0 atom stereocenters. The summed E-state index contributed by atoms with van der Waals surface area (Å²) in [5, 5.41) is 7.89. The number of sulfonamides is 1. The van der Waals surface area contributed by atoms with Crippen molar-refractivity contribution in [2.24, 2.45) is 0 Å². The van der Waals surface area contributed by atoms with Crippen LogP contribution in [0.1, 0.15) is 31.3 Å². The van der Waals surface area contributed by atoms with E-state index in [2.05, 4.69) is 9.82 Å². The second-order valence-corrected chi connectivity index (χ2v) is 7.06. The third-order valence-corrected chi connectivity index (χ3v) is 5.11. The molecule has 0 aliphatic heterocycles. The molecule has 2 aromatic heterocycles. The van der Waals surface area contributed by atoms with Gasteiger partial charge < -0.3 is 0 Å². The number of nitrogens with zero attached hydrogens (tertiary/aromatic N) is 2. The molecule has 7 heteroatoms. The molecular weight excluding hydrogens is 282 g/mol. The number of hydrogen-bond acceptors (Lipinski definition) is 4. The molecule has 0 saturated carbocycles. The van der Waals surface area contributed by atoms with Crippen molar-refractivity contribution < 1.29 is 8.42 Å². The van der Waals surface area contributed by atoms with Crippen LogP contribution >= 0.6 is 11.3 Å². The molecule has 0 bridgehead atoms. The minimum atomic E-state index is -3.58. The molecule has 2 aromatic rings. The van der Waals surface area contributed by atoms with Crippen LogP contribution in [0.3, 0.4) is 0 Å². The zero-order valence-electron chi connectivity index (χ0n) is 11.3. The molecule has 5 nitrogen and oxygen atoms in total. The molecule has 0 aliphatic rings. The van der Waals surface area contributed by atoms with Crippen LogP contribution < -0.4 is 4.72 Å². The second-order valence-electron chi connectivity index (χ2n) is 4.66. The summed E-state index contributed by atoms with van der Waals surface area (Å²) in [5.74, 6) is 0. The summed E-state index contributed by atoms with van der Waals surface area (Å²) in [4.78, 5) is 0.271. The summed E-state index contributed by atoms with van der Waals surface area (Å²) in [6.07, 6.45) is 0. The van der Waals surface area contributed by atoms with Gasteiger partial charge in [0.05, 0.1) is 17.1 Å². The summed E-state index contributed by atoms with van der Waals surface area (Å²) >= 11 is 1.45. The van der Waals surface area contributed by atoms with Gasteiger partial charge in [-0.25, -0.2) is 8.42 Å². The first-order valence-corrected chi connectivity index (χ1v) is 8.36. The number of hydrogen-bond donors (Lipinski definition) is 1. The molecule has 104 valence electrons. The van der Waals surface area contributed by atoms with Gasteiger partial charge in [-0.1, -0.05) is 0 Å². The van der Waals surface area contributed by atoms with Crippen molar-refractivity contribution >= 4 is 27.0 Å². The Bertz CT molecular complexity index is 670. The SMILES string of the molecule is Cc1nn(C(C)C)c(C)c1S(=O)(=O)Nc1ccsc1. The van der Waals surface area contributed by atoms with E-state index < -0.39 is 10.0 Å². The third-order valence-electron chi connectivity index (χ3n) is 2.79. The van der Waals surface area contributed by atoms with Crippen LogP contribution in [-0.4, -0.2) is 18.2 Å². The first-order chi connectivity index (χ1) is 8.83. The highest BCUT2D eigenvalue weighted by Gasteiger charge is 2.25. The van der Waals surface area contributed by atoms with Gasteiger partial charge in [0.2, 0.25) is 0 Å². The lowest BCUT2D eigenvalue weighted by Gasteiger charge is -2.09. The topological polar surface area (TPSA) is 64.0 Å². The first kappa shape index (κ1) is 14.1. The van der Waals surface area contributed by atoms with Gasteiger partial charge in [-0.15, -0.1) is 0 Å². The summed E-state index contributed by atoms with van der Waals surface area (Å²) in [6, 6.07) is 1.86. The van der Waals surface area contributed by atoms with Crippen LogP contribution in [0.4, 0.5) is 5.69 Å². The first-order valence-electron chi connectivity index (χ1n) is 5.93. The van der Waals surface area contributed by atoms with E-state index in [1.807, 2.05) is 19.2 Å². The van der Waals surface area contributed by atoms with E-state index in [-0.39, 0.29) is 10.9 Å². The zero-order valence-corrected chi connectivity index (χ0v) is 13.0. The molecule has 0 spiro atoms. The number of nitrogens with one attached hydrogen (secondary N) is 1. The molecule has 0 amide bonds.